The number of hydrogen-bond acceptors (Lipinski definition) is 3. The molecule has 0 aromatic carbocycles. The first-order valence-electron chi connectivity index (χ1n) is 4.64. The molecule has 1 aromatic rings. The van der Waals surface area contributed by atoms with E-state index < -0.39 is 5.97 Å². The highest BCUT2D eigenvalue weighted by atomic mass is 16.5. The van der Waals surface area contributed by atoms with Gasteiger partial charge in [-0.2, -0.15) is 0 Å². The smallest absolute Gasteiger partial charge is 0.335 e. The van der Waals surface area contributed by atoms with Gasteiger partial charge in [0.2, 0.25) is 0 Å². The third-order valence-corrected chi connectivity index (χ3v) is 1.80. The van der Waals surface area contributed by atoms with Crippen molar-refractivity contribution < 1.29 is 9.53 Å². The van der Waals surface area contributed by atoms with Crippen molar-refractivity contribution in [2.45, 2.75) is 13.5 Å². The highest BCUT2D eigenvalue weighted by Crippen LogP contribution is 1.99. The van der Waals surface area contributed by atoms with Gasteiger partial charge >= 0.3 is 5.97 Å². The molecular formula is C11H13NO3. The first kappa shape index (κ1) is 11.2. The number of nitrogens with zero attached hydrogens (tertiary/aromatic N) is 1. The van der Waals surface area contributed by atoms with E-state index >= 15 is 0 Å². The maximum atomic E-state index is 11.2. The fourth-order valence-corrected chi connectivity index (χ4v) is 1.07. The zero-order chi connectivity index (χ0) is 11.3. The molecule has 0 atom stereocenters. The Morgan fingerprint density at radius 2 is 2.07 bits per heavy atom. The van der Waals surface area contributed by atoms with Crippen molar-refractivity contribution in [3.05, 3.63) is 46.9 Å². The Morgan fingerprint density at radius 3 is 2.60 bits per heavy atom. The van der Waals surface area contributed by atoms with Gasteiger partial charge in [-0.05, 0) is 6.92 Å². The molecule has 0 N–H and O–H groups in total. The van der Waals surface area contributed by atoms with Gasteiger partial charge in [0.05, 0.1) is 13.2 Å². The van der Waals surface area contributed by atoms with Gasteiger partial charge in [0.1, 0.15) is 0 Å². The van der Waals surface area contributed by atoms with E-state index in [1.54, 1.807) is 23.9 Å². The molecule has 4 nitrogen and oxygen atoms in total. The van der Waals surface area contributed by atoms with Crippen molar-refractivity contribution in [1.82, 2.24) is 4.57 Å². The zero-order valence-electron chi connectivity index (χ0n) is 8.60. The highest BCUT2D eigenvalue weighted by Gasteiger charge is 2.06. The van der Waals surface area contributed by atoms with Crippen molar-refractivity contribution in [3.63, 3.8) is 0 Å². The average molecular weight is 207 g/mol. The average Bonchev–Trinajstić information content (AvgIpc) is 2.22. The van der Waals surface area contributed by atoms with E-state index in [0.717, 1.165) is 0 Å². The van der Waals surface area contributed by atoms with Crippen molar-refractivity contribution in [2.24, 2.45) is 0 Å². The van der Waals surface area contributed by atoms with Gasteiger partial charge in [-0.25, -0.2) is 4.79 Å². The summed E-state index contributed by atoms with van der Waals surface area (Å²) < 4.78 is 6.48. The number of esters is 1. The van der Waals surface area contributed by atoms with E-state index in [1.807, 2.05) is 0 Å². The normalized spacial score (nSPS) is 9.67. The molecule has 4 heteroatoms. The third-order valence-electron chi connectivity index (χ3n) is 1.80. The van der Waals surface area contributed by atoms with Crippen molar-refractivity contribution in [1.29, 1.82) is 0 Å². The molecule has 1 heterocycles. The number of aromatic nitrogens is 1. The lowest BCUT2D eigenvalue weighted by molar-refractivity contribution is -0.138. The molecule has 0 aliphatic rings. The summed E-state index contributed by atoms with van der Waals surface area (Å²) in [4.78, 5) is 22.0. The summed E-state index contributed by atoms with van der Waals surface area (Å²) >= 11 is 0. The van der Waals surface area contributed by atoms with Crippen molar-refractivity contribution in [2.75, 3.05) is 6.61 Å². The molecule has 15 heavy (non-hydrogen) atoms. The number of carbonyl (C=O) groups excluding carboxylic acids is 1. The van der Waals surface area contributed by atoms with Gasteiger partial charge in [-0.1, -0.05) is 6.58 Å². The molecule has 1 aromatic heterocycles. The van der Waals surface area contributed by atoms with Crippen LogP contribution in [0.1, 0.15) is 6.92 Å². The second kappa shape index (κ2) is 5.14. The zero-order valence-corrected chi connectivity index (χ0v) is 8.60. The molecule has 80 valence electrons. The van der Waals surface area contributed by atoms with Crippen LogP contribution in [0.2, 0.25) is 0 Å². The van der Waals surface area contributed by atoms with E-state index in [1.165, 1.54) is 12.1 Å². The Balaban J connectivity index is 2.62. The van der Waals surface area contributed by atoms with E-state index in [0.29, 0.717) is 18.7 Å². The molecular weight excluding hydrogens is 194 g/mol. The summed E-state index contributed by atoms with van der Waals surface area (Å²) in [6, 6.07) is 2.86. The number of hydrogen-bond donors (Lipinski definition) is 0. The lowest BCUT2D eigenvalue weighted by Crippen LogP contribution is -2.13. The van der Waals surface area contributed by atoms with Crippen LogP contribution in [0.5, 0.6) is 0 Å². The lowest BCUT2D eigenvalue weighted by Gasteiger charge is -2.07. The number of carbonyl (C=O) groups is 1. The fourth-order valence-electron chi connectivity index (χ4n) is 1.07. The summed E-state index contributed by atoms with van der Waals surface area (Å²) in [5, 5.41) is 0. The van der Waals surface area contributed by atoms with Crippen LogP contribution in [0.15, 0.2) is 41.5 Å². The standard InChI is InChI=1S/C11H13NO3/c1-3-15-11(14)9(2)8-12-6-4-10(13)5-7-12/h4-7H,2-3,8H2,1H3. The summed E-state index contributed by atoms with van der Waals surface area (Å²) in [6.45, 7) is 6.03. The maximum absolute atomic E-state index is 11.2. The van der Waals surface area contributed by atoms with Gasteiger partial charge in [0.15, 0.2) is 5.43 Å². The van der Waals surface area contributed by atoms with Gasteiger partial charge in [-0.3, -0.25) is 4.79 Å². The topological polar surface area (TPSA) is 48.3 Å². The quantitative estimate of drug-likeness (QED) is 0.546. The first-order valence-corrected chi connectivity index (χ1v) is 4.64. The molecule has 0 spiro atoms. The second-order valence-corrected chi connectivity index (χ2v) is 3.03. The Morgan fingerprint density at radius 1 is 1.47 bits per heavy atom. The Kier molecular flexibility index (Phi) is 3.85. The van der Waals surface area contributed by atoms with Crippen LogP contribution in [-0.4, -0.2) is 17.1 Å². The fraction of sp³-hybridized carbons (Fsp3) is 0.273. The lowest BCUT2D eigenvalue weighted by atomic mass is 10.3. The molecule has 0 aliphatic carbocycles. The third kappa shape index (κ3) is 3.42. The molecule has 0 radical (unpaired) electrons. The minimum absolute atomic E-state index is 0.0620. The van der Waals surface area contributed by atoms with Crippen LogP contribution in [0.25, 0.3) is 0 Å². The molecule has 1 rings (SSSR count). The van der Waals surface area contributed by atoms with Crippen LogP contribution < -0.4 is 5.43 Å². The van der Waals surface area contributed by atoms with Crippen LogP contribution in [0.3, 0.4) is 0 Å². The Hall–Kier alpha value is -1.84. The predicted octanol–water partition coefficient (Wildman–Crippen LogP) is 0.968. The van der Waals surface area contributed by atoms with E-state index in [2.05, 4.69) is 6.58 Å². The molecule has 0 unspecified atom stereocenters. The predicted molar refractivity (Wildman–Crippen MR) is 56.5 cm³/mol. The van der Waals surface area contributed by atoms with Gasteiger partial charge in [0, 0.05) is 30.1 Å². The van der Waals surface area contributed by atoms with Crippen LogP contribution in [-0.2, 0) is 16.1 Å². The Labute approximate surface area is 87.8 Å². The minimum atomic E-state index is -0.406. The summed E-state index contributed by atoms with van der Waals surface area (Å²) in [6.07, 6.45) is 3.21. The first-order chi connectivity index (χ1) is 7.13. The second-order valence-electron chi connectivity index (χ2n) is 3.03. The van der Waals surface area contributed by atoms with E-state index in [-0.39, 0.29) is 5.43 Å². The van der Waals surface area contributed by atoms with Gasteiger partial charge in [0.25, 0.3) is 0 Å². The molecule has 0 bridgehead atoms. The van der Waals surface area contributed by atoms with Gasteiger partial charge in [-0.15, -0.1) is 0 Å². The van der Waals surface area contributed by atoms with Crippen molar-refractivity contribution >= 4 is 5.97 Å². The molecule has 0 fully saturated rings. The highest BCUT2D eigenvalue weighted by molar-refractivity contribution is 5.87. The van der Waals surface area contributed by atoms with Crippen LogP contribution in [0, 0.1) is 0 Å². The van der Waals surface area contributed by atoms with E-state index in [4.69, 9.17) is 4.74 Å². The van der Waals surface area contributed by atoms with Crippen molar-refractivity contribution in [3.8, 4) is 0 Å². The summed E-state index contributed by atoms with van der Waals surface area (Å²) in [7, 11) is 0. The summed E-state index contributed by atoms with van der Waals surface area (Å²) in [5.74, 6) is -0.406. The Bertz CT molecular complexity index is 400. The van der Waals surface area contributed by atoms with Gasteiger partial charge < -0.3 is 9.30 Å². The number of pyridine rings is 1. The molecule has 0 saturated carbocycles. The van der Waals surface area contributed by atoms with E-state index in [9.17, 15) is 9.59 Å². The maximum Gasteiger partial charge on any atom is 0.335 e. The molecule has 0 amide bonds. The minimum Gasteiger partial charge on any atom is -0.463 e. The number of ether oxygens (including phenoxy) is 1. The SMILES string of the molecule is C=C(Cn1ccc(=O)cc1)C(=O)OCC. The van der Waals surface area contributed by atoms with Crippen LogP contribution >= 0.6 is 0 Å². The largest absolute Gasteiger partial charge is 0.463 e. The summed E-state index contributed by atoms with van der Waals surface area (Å²) in [5.41, 5.74) is 0.300. The molecule has 0 saturated heterocycles. The molecule has 0 aliphatic heterocycles. The monoisotopic (exact) mass is 207 g/mol. The number of rotatable bonds is 4. The van der Waals surface area contributed by atoms with Crippen LogP contribution in [0.4, 0.5) is 0 Å².